The molecule has 2 aliphatic heterocycles. The van der Waals surface area contributed by atoms with E-state index in [0.29, 0.717) is 17.7 Å². The number of ether oxygens (including phenoxy) is 3. The van der Waals surface area contributed by atoms with Crippen molar-refractivity contribution >= 4 is 28.7 Å². The smallest absolute Gasteiger partial charge is 0.326 e. The Hall–Kier alpha value is -2.89. The fourth-order valence-electron chi connectivity index (χ4n) is 3.83. The molecule has 0 spiro atoms. The van der Waals surface area contributed by atoms with Crippen LogP contribution in [0.25, 0.3) is 10.8 Å². The van der Waals surface area contributed by atoms with Gasteiger partial charge in [-0.15, -0.1) is 0 Å². The predicted octanol–water partition coefficient (Wildman–Crippen LogP) is 2.19. The molecular weight excluding hydrogens is 324 g/mol. The van der Waals surface area contributed by atoms with Crippen molar-refractivity contribution in [2.45, 2.75) is 12.3 Å². The molecular formula is C19H16O6. The lowest BCUT2D eigenvalue weighted by atomic mass is 9.73. The van der Waals surface area contributed by atoms with E-state index in [1.807, 2.05) is 30.3 Å². The van der Waals surface area contributed by atoms with Gasteiger partial charge in [0.05, 0.1) is 19.6 Å². The third-order valence-corrected chi connectivity index (χ3v) is 4.95. The number of benzene rings is 2. The van der Waals surface area contributed by atoms with Crippen molar-refractivity contribution < 1.29 is 28.6 Å². The second-order valence-corrected chi connectivity index (χ2v) is 6.21. The molecule has 2 aromatic rings. The molecule has 0 unspecified atom stereocenters. The standard InChI is InChI=1S/C19H16O6/c1-23-18(21)16-15(12-8-9-24-17(12)20)14-11-5-3-2-4-10(11)6-7-13(14)25-19(16)22/h2-7,12,15-16H,8-9H2,1H3/t12-,15+,16+/m0/s1. The number of carbonyl (C=O) groups excluding carboxylic acids is 3. The van der Waals surface area contributed by atoms with Crippen molar-refractivity contribution in [3.8, 4) is 5.75 Å². The van der Waals surface area contributed by atoms with Crippen LogP contribution < -0.4 is 4.74 Å². The number of hydrogen-bond acceptors (Lipinski definition) is 6. The molecule has 0 bridgehead atoms. The lowest BCUT2D eigenvalue weighted by Crippen LogP contribution is -2.42. The summed E-state index contributed by atoms with van der Waals surface area (Å²) < 4.78 is 15.3. The van der Waals surface area contributed by atoms with Crippen LogP contribution in [0.15, 0.2) is 36.4 Å². The van der Waals surface area contributed by atoms with E-state index in [-0.39, 0.29) is 6.61 Å². The van der Waals surface area contributed by atoms with E-state index in [1.165, 1.54) is 7.11 Å². The Balaban J connectivity index is 1.98. The number of esters is 3. The maximum absolute atomic E-state index is 12.5. The van der Waals surface area contributed by atoms with E-state index in [2.05, 4.69) is 0 Å². The highest BCUT2D eigenvalue weighted by Gasteiger charge is 2.51. The van der Waals surface area contributed by atoms with Crippen molar-refractivity contribution in [3.05, 3.63) is 42.0 Å². The highest BCUT2D eigenvalue weighted by molar-refractivity contribution is 6.02. The first-order chi connectivity index (χ1) is 12.1. The molecule has 0 aliphatic carbocycles. The Labute approximate surface area is 143 Å². The van der Waals surface area contributed by atoms with Crippen molar-refractivity contribution in [2.75, 3.05) is 13.7 Å². The molecule has 0 N–H and O–H groups in total. The van der Waals surface area contributed by atoms with Crippen molar-refractivity contribution in [2.24, 2.45) is 11.8 Å². The van der Waals surface area contributed by atoms with Gasteiger partial charge in [-0.05, 0) is 23.3 Å². The molecule has 2 aromatic carbocycles. The summed E-state index contributed by atoms with van der Waals surface area (Å²) in [5.41, 5.74) is 0.692. The lowest BCUT2D eigenvalue weighted by Gasteiger charge is -2.33. The zero-order chi connectivity index (χ0) is 17.6. The second kappa shape index (κ2) is 5.88. The van der Waals surface area contributed by atoms with Crippen LogP contribution in [0, 0.1) is 11.8 Å². The van der Waals surface area contributed by atoms with E-state index in [0.717, 1.165) is 10.8 Å². The fourth-order valence-corrected chi connectivity index (χ4v) is 3.83. The van der Waals surface area contributed by atoms with Crippen molar-refractivity contribution in [1.82, 2.24) is 0 Å². The number of fused-ring (bicyclic) bond motifs is 3. The van der Waals surface area contributed by atoms with E-state index in [9.17, 15) is 14.4 Å². The average Bonchev–Trinajstić information content (AvgIpc) is 3.05. The molecule has 6 nitrogen and oxygen atoms in total. The lowest BCUT2D eigenvalue weighted by molar-refractivity contribution is -0.159. The number of rotatable bonds is 2. The number of cyclic esters (lactones) is 1. The summed E-state index contributed by atoms with van der Waals surface area (Å²) in [6.45, 7) is 0.281. The number of hydrogen-bond donors (Lipinski definition) is 0. The molecule has 25 heavy (non-hydrogen) atoms. The van der Waals surface area contributed by atoms with Gasteiger partial charge in [0.25, 0.3) is 0 Å². The fraction of sp³-hybridized carbons (Fsp3) is 0.316. The number of carbonyl (C=O) groups is 3. The molecule has 1 saturated heterocycles. The van der Waals surface area contributed by atoms with Gasteiger partial charge in [-0.1, -0.05) is 30.3 Å². The summed E-state index contributed by atoms with van der Waals surface area (Å²) >= 11 is 0. The summed E-state index contributed by atoms with van der Waals surface area (Å²) in [7, 11) is 1.22. The molecule has 4 rings (SSSR count). The molecule has 0 amide bonds. The minimum Gasteiger partial charge on any atom is -0.468 e. The summed E-state index contributed by atoms with van der Waals surface area (Å²) in [5, 5.41) is 1.80. The molecule has 0 radical (unpaired) electrons. The highest BCUT2D eigenvalue weighted by atomic mass is 16.6. The SMILES string of the molecule is COC(=O)[C@@H]1C(=O)Oc2ccc3ccccc3c2[C@H]1[C@@H]1CCOC1=O. The normalized spacial score (nSPS) is 25.2. The van der Waals surface area contributed by atoms with Crippen molar-refractivity contribution in [1.29, 1.82) is 0 Å². The Kier molecular flexibility index (Phi) is 3.67. The molecule has 0 saturated carbocycles. The van der Waals surface area contributed by atoms with Gasteiger partial charge in [-0.2, -0.15) is 0 Å². The van der Waals surface area contributed by atoms with Crippen LogP contribution in [-0.4, -0.2) is 31.6 Å². The molecule has 0 aromatic heterocycles. The van der Waals surface area contributed by atoms with Gasteiger partial charge in [0, 0.05) is 11.5 Å². The largest absolute Gasteiger partial charge is 0.468 e. The molecule has 3 atom stereocenters. The Bertz CT molecular complexity index is 887. The van der Waals surface area contributed by atoms with Gasteiger partial charge in [0.2, 0.25) is 0 Å². The van der Waals surface area contributed by atoms with Crippen LogP contribution in [0.3, 0.4) is 0 Å². The van der Waals surface area contributed by atoms with Crippen LogP contribution in [0.2, 0.25) is 0 Å². The third-order valence-electron chi connectivity index (χ3n) is 4.95. The maximum atomic E-state index is 12.5. The van der Waals surface area contributed by atoms with Crippen LogP contribution in [0.4, 0.5) is 0 Å². The first kappa shape index (κ1) is 15.6. The average molecular weight is 340 g/mol. The monoisotopic (exact) mass is 340 g/mol. The molecule has 1 fully saturated rings. The molecule has 2 aliphatic rings. The summed E-state index contributed by atoms with van der Waals surface area (Å²) in [6.07, 6.45) is 0.451. The Morgan fingerprint density at radius 2 is 1.92 bits per heavy atom. The van der Waals surface area contributed by atoms with Crippen molar-refractivity contribution in [3.63, 3.8) is 0 Å². The molecule has 128 valence electrons. The van der Waals surface area contributed by atoms with Gasteiger partial charge >= 0.3 is 17.9 Å². The second-order valence-electron chi connectivity index (χ2n) is 6.21. The summed E-state index contributed by atoms with van der Waals surface area (Å²) in [4.78, 5) is 37.1. The third kappa shape index (κ3) is 2.36. The Morgan fingerprint density at radius 3 is 2.64 bits per heavy atom. The van der Waals surface area contributed by atoms with E-state index in [4.69, 9.17) is 14.2 Å². The zero-order valence-electron chi connectivity index (χ0n) is 13.6. The first-order valence-corrected chi connectivity index (χ1v) is 8.09. The first-order valence-electron chi connectivity index (χ1n) is 8.09. The summed E-state index contributed by atoms with van der Waals surface area (Å²) in [5.74, 6) is -3.83. The van der Waals surface area contributed by atoms with E-state index in [1.54, 1.807) is 6.07 Å². The van der Waals surface area contributed by atoms with Gasteiger partial charge in [0.15, 0.2) is 5.92 Å². The quantitative estimate of drug-likeness (QED) is 0.474. The minimum atomic E-state index is -1.18. The molecule has 2 heterocycles. The van der Waals surface area contributed by atoms with Crippen LogP contribution >= 0.6 is 0 Å². The van der Waals surface area contributed by atoms with Crippen LogP contribution in [0.1, 0.15) is 17.9 Å². The topological polar surface area (TPSA) is 78.9 Å². The van der Waals surface area contributed by atoms with Crippen LogP contribution in [-0.2, 0) is 23.9 Å². The van der Waals surface area contributed by atoms with Crippen LogP contribution in [0.5, 0.6) is 5.75 Å². The van der Waals surface area contributed by atoms with E-state index >= 15 is 0 Å². The predicted molar refractivity (Wildman–Crippen MR) is 86.9 cm³/mol. The van der Waals surface area contributed by atoms with Gasteiger partial charge in [-0.3, -0.25) is 14.4 Å². The van der Waals surface area contributed by atoms with E-state index < -0.39 is 35.7 Å². The maximum Gasteiger partial charge on any atom is 0.326 e. The van der Waals surface area contributed by atoms with Gasteiger partial charge in [0.1, 0.15) is 5.75 Å². The highest BCUT2D eigenvalue weighted by Crippen LogP contribution is 2.48. The Morgan fingerprint density at radius 1 is 1.12 bits per heavy atom. The summed E-state index contributed by atoms with van der Waals surface area (Å²) in [6, 6.07) is 11.2. The zero-order valence-corrected chi connectivity index (χ0v) is 13.6. The van der Waals surface area contributed by atoms with Gasteiger partial charge < -0.3 is 14.2 Å². The van der Waals surface area contributed by atoms with Gasteiger partial charge in [-0.25, -0.2) is 0 Å². The minimum absolute atomic E-state index is 0.281. The number of methoxy groups -OCH3 is 1. The molecule has 6 heteroatoms.